The van der Waals surface area contributed by atoms with Crippen LogP contribution in [0.25, 0.3) is 10.6 Å². The number of anilines is 3. The van der Waals surface area contributed by atoms with Gasteiger partial charge in [0, 0.05) is 24.1 Å². The third-order valence-electron chi connectivity index (χ3n) is 4.45. The molecule has 0 bridgehead atoms. The molecule has 0 saturated heterocycles. The average Bonchev–Trinajstić information content (AvgIpc) is 3.11. The van der Waals surface area contributed by atoms with Gasteiger partial charge in [-0.05, 0) is 38.0 Å². The molecule has 1 aliphatic carbocycles. The van der Waals surface area contributed by atoms with Crippen LogP contribution in [0.15, 0.2) is 36.7 Å². The van der Waals surface area contributed by atoms with E-state index in [9.17, 15) is 0 Å². The van der Waals surface area contributed by atoms with Crippen molar-refractivity contribution in [2.45, 2.75) is 45.1 Å². The van der Waals surface area contributed by atoms with Gasteiger partial charge in [-0.3, -0.25) is 0 Å². The van der Waals surface area contributed by atoms with Gasteiger partial charge >= 0.3 is 0 Å². The first-order chi connectivity index (χ1) is 12.8. The summed E-state index contributed by atoms with van der Waals surface area (Å²) in [7, 11) is 0. The molecule has 0 aromatic carbocycles. The first-order valence-electron chi connectivity index (χ1n) is 9.03. The van der Waals surface area contributed by atoms with Crippen molar-refractivity contribution in [2.24, 2.45) is 0 Å². The smallest absolute Gasteiger partial charge is 0.223 e. The zero-order chi connectivity index (χ0) is 17.8. The van der Waals surface area contributed by atoms with Gasteiger partial charge in [0.25, 0.3) is 0 Å². The van der Waals surface area contributed by atoms with Crippen molar-refractivity contribution in [1.29, 1.82) is 0 Å². The van der Waals surface area contributed by atoms with Gasteiger partial charge in [-0.1, -0.05) is 36.7 Å². The SMILES string of the molecule is Cc1cc(-c2cnc(Nc3ccccn3)s2)nc(NC2CCCCC2)n1. The van der Waals surface area contributed by atoms with E-state index in [2.05, 4.69) is 25.6 Å². The monoisotopic (exact) mass is 366 g/mol. The Hall–Kier alpha value is -2.54. The highest BCUT2D eigenvalue weighted by atomic mass is 32.1. The molecule has 3 aromatic rings. The van der Waals surface area contributed by atoms with E-state index in [0.29, 0.717) is 6.04 Å². The van der Waals surface area contributed by atoms with Crippen LogP contribution >= 0.6 is 11.3 Å². The van der Waals surface area contributed by atoms with Crippen molar-refractivity contribution in [2.75, 3.05) is 10.6 Å². The number of thiazole rings is 1. The van der Waals surface area contributed by atoms with Crippen LogP contribution in [0.5, 0.6) is 0 Å². The van der Waals surface area contributed by atoms with Crippen molar-refractivity contribution >= 4 is 28.2 Å². The van der Waals surface area contributed by atoms with E-state index in [-0.39, 0.29) is 0 Å². The molecule has 0 amide bonds. The highest BCUT2D eigenvalue weighted by Gasteiger charge is 2.15. The van der Waals surface area contributed by atoms with Gasteiger partial charge in [-0.15, -0.1) is 0 Å². The molecule has 0 unspecified atom stereocenters. The summed E-state index contributed by atoms with van der Waals surface area (Å²) in [6.07, 6.45) is 9.92. The largest absolute Gasteiger partial charge is 0.351 e. The van der Waals surface area contributed by atoms with Gasteiger partial charge in [0.05, 0.1) is 10.6 Å². The number of nitrogens with zero attached hydrogens (tertiary/aromatic N) is 4. The van der Waals surface area contributed by atoms with E-state index >= 15 is 0 Å². The summed E-state index contributed by atoms with van der Waals surface area (Å²) in [4.78, 5) is 19.0. The molecule has 1 fully saturated rings. The highest BCUT2D eigenvalue weighted by Crippen LogP contribution is 2.30. The van der Waals surface area contributed by atoms with E-state index in [1.807, 2.05) is 37.4 Å². The molecular weight excluding hydrogens is 344 g/mol. The molecule has 4 rings (SSSR count). The number of rotatable bonds is 5. The van der Waals surface area contributed by atoms with E-state index in [0.717, 1.165) is 33.2 Å². The van der Waals surface area contributed by atoms with Crippen LogP contribution in [0.4, 0.5) is 16.9 Å². The minimum absolute atomic E-state index is 0.487. The fourth-order valence-corrected chi connectivity index (χ4v) is 3.97. The van der Waals surface area contributed by atoms with Crippen LogP contribution in [0.1, 0.15) is 37.8 Å². The number of hydrogen-bond acceptors (Lipinski definition) is 7. The topological polar surface area (TPSA) is 75.6 Å². The van der Waals surface area contributed by atoms with Crippen LogP contribution in [0.2, 0.25) is 0 Å². The molecule has 0 aliphatic heterocycles. The fourth-order valence-electron chi connectivity index (χ4n) is 3.19. The van der Waals surface area contributed by atoms with Crippen LogP contribution in [-0.2, 0) is 0 Å². The standard InChI is InChI=1S/C19H22N6S/c1-13-11-15(24-18(22-13)23-14-7-3-2-4-8-14)16-12-21-19(26-16)25-17-9-5-6-10-20-17/h5-6,9-12,14H,2-4,7-8H2,1H3,(H,20,21,25)(H,22,23,24). The summed E-state index contributed by atoms with van der Waals surface area (Å²) in [5, 5.41) is 7.54. The summed E-state index contributed by atoms with van der Waals surface area (Å²) >= 11 is 1.56. The summed E-state index contributed by atoms with van der Waals surface area (Å²) in [5.41, 5.74) is 1.86. The Kier molecular flexibility index (Phi) is 5.06. The van der Waals surface area contributed by atoms with Gasteiger partial charge in [-0.25, -0.2) is 19.9 Å². The van der Waals surface area contributed by atoms with Crippen LogP contribution in [0, 0.1) is 6.92 Å². The minimum atomic E-state index is 0.487. The van der Waals surface area contributed by atoms with E-state index in [4.69, 9.17) is 4.98 Å². The lowest BCUT2D eigenvalue weighted by Gasteiger charge is -2.22. The van der Waals surface area contributed by atoms with Crippen molar-refractivity contribution in [1.82, 2.24) is 19.9 Å². The Labute approximate surface area is 157 Å². The molecule has 0 radical (unpaired) electrons. The lowest BCUT2D eigenvalue weighted by Crippen LogP contribution is -2.23. The second-order valence-electron chi connectivity index (χ2n) is 6.57. The first-order valence-corrected chi connectivity index (χ1v) is 9.84. The Morgan fingerprint density at radius 1 is 1.08 bits per heavy atom. The number of hydrogen-bond donors (Lipinski definition) is 2. The summed E-state index contributed by atoms with van der Waals surface area (Å²) in [6.45, 7) is 2.01. The number of aryl methyl sites for hydroxylation is 1. The molecule has 1 aliphatic rings. The molecular formula is C19H22N6S. The molecule has 2 N–H and O–H groups in total. The third-order valence-corrected chi connectivity index (χ3v) is 5.39. The molecule has 6 nitrogen and oxygen atoms in total. The predicted octanol–water partition coefficient (Wildman–Crippen LogP) is 4.79. The fraction of sp³-hybridized carbons (Fsp3) is 0.368. The van der Waals surface area contributed by atoms with Crippen molar-refractivity contribution in [3.63, 3.8) is 0 Å². The van der Waals surface area contributed by atoms with Gasteiger partial charge in [0.15, 0.2) is 5.13 Å². The second-order valence-corrected chi connectivity index (χ2v) is 7.60. The van der Waals surface area contributed by atoms with E-state index in [1.165, 1.54) is 32.1 Å². The molecule has 26 heavy (non-hydrogen) atoms. The van der Waals surface area contributed by atoms with Crippen LogP contribution < -0.4 is 10.6 Å². The quantitative estimate of drug-likeness (QED) is 0.676. The second kappa shape index (κ2) is 7.78. The van der Waals surface area contributed by atoms with Crippen LogP contribution in [0.3, 0.4) is 0 Å². The highest BCUT2D eigenvalue weighted by molar-refractivity contribution is 7.18. The lowest BCUT2D eigenvalue weighted by atomic mass is 9.96. The summed E-state index contributed by atoms with van der Waals surface area (Å²) in [6, 6.07) is 8.25. The Morgan fingerprint density at radius 3 is 2.77 bits per heavy atom. The maximum absolute atomic E-state index is 4.72. The molecule has 3 aromatic heterocycles. The number of aromatic nitrogens is 4. The third kappa shape index (κ3) is 4.16. The molecule has 134 valence electrons. The predicted molar refractivity (Wildman–Crippen MR) is 106 cm³/mol. The summed E-state index contributed by atoms with van der Waals surface area (Å²) < 4.78 is 0. The number of pyridine rings is 1. The van der Waals surface area contributed by atoms with Gasteiger partial charge < -0.3 is 10.6 Å². The Morgan fingerprint density at radius 2 is 1.96 bits per heavy atom. The Balaban J connectivity index is 1.52. The van der Waals surface area contributed by atoms with Gasteiger partial charge in [0.2, 0.25) is 5.95 Å². The Bertz CT molecular complexity index is 857. The van der Waals surface area contributed by atoms with E-state index < -0.39 is 0 Å². The molecule has 7 heteroatoms. The maximum atomic E-state index is 4.72. The first kappa shape index (κ1) is 16.9. The van der Waals surface area contributed by atoms with Gasteiger partial charge in [0.1, 0.15) is 5.82 Å². The molecule has 0 spiro atoms. The van der Waals surface area contributed by atoms with Crippen molar-refractivity contribution in [3.8, 4) is 10.6 Å². The van der Waals surface area contributed by atoms with Gasteiger partial charge in [-0.2, -0.15) is 0 Å². The zero-order valence-electron chi connectivity index (χ0n) is 14.8. The molecule has 3 heterocycles. The van der Waals surface area contributed by atoms with Crippen LogP contribution in [-0.4, -0.2) is 26.0 Å². The maximum Gasteiger partial charge on any atom is 0.223 e. The lowest BCUT2D eigenvalue weighted by molar-refractivity contribution is 0.461. The summed E-state index contributed by atoms with van der Waals surface area (Å²) in [5.74, 6) is 1.51. The zero-order valence-corrected chi connectivity index (χ0v) is 15.6. The van der Waals surface area contributed by atoms with E-state index in [1.54, 1.807) is 17.5 Å². The normalized spacial score (nSPS) is 15.0. The van der Waals surface area contributed by atoms with Crippen molar-refractivity contribution in [3.05, 3.63) is 42.4 Å². The molecule has 1 saturated carbocycles. The average molecular weight is 366 g/mol. The number of nitrogens with one attached hydrogen (secondary N) is 2. The minimum Gasteiger partial charge on any atom is -0.351 e. The molecule has 0 atom stereocenters. The van der Waals surface area contributed by atoms with Crippen molar-refractivity contribution < 1.29 is 0 Å².